The number of hydrogen-bond acceptors (Lipinski definition) is 5. The molecule has 0 bridgehead atoms. The van der Waals surface area contributed by atoms with Crippen molar-refractivity contribution in [1.29, 1.82) is 0 Å². The number of carbonyl (C=O) groups is 1. The Kier molecular flexibility index (Phi) is 4.63. The highest BCUT2D eigenvalue weighted by atomic mass is 16.6. The van der Waals surface area contributed by atoms with Crippen molar-refractivity contribution in [3.63, 3.8) is 0 Å². The molecule has 0 aromatic heterocycles. The molecule has 1 heterocycles. The number of aliphatic hydroxyl groups excluding tert-OH is 1. The van der Waals surface area contributed by atoms with Gasteiger partial charge in [-0.25, -0.2) is 0 Å². The summed E-state index contributed by atoms with van der Waals surface area (Å²) in [6.07, 6.45) is 0.801. The molecule has 0 aliphatic carbocycles. The zero-order chi connectivity index (χ0) is 13.7. The normalized spacial score (nSPS) is 14.8. The molecule has 2 rings (SSSR count). The summed E-state index contributed by atoms with van der Waals surface area (Å²) in [6.45, 7) is 1.07. The summed E-state index contributed by atoms with van der Waals surface area (Å²) in [5.41, 5.74) is 0.772. The van der Waals surface area contributed by atoms with E-state index in [0.29, 0.717) is 44.0 Å². The smallest absolute Gasteiger partial charge is 0.305 e. The SMILES string of the molecule is COC(=O)CCCC(O)c1ccc2c(c1)OCCO2. The molecule has 0 radical (unpaired) electrons. The fourth-order valence-corrected chi connectivity index (χ4v) is 1.98. The molecule has 1 aromatic carbocycles. The first kappa shape index (κ1) is 13.7. The van der Waals surface area contributed by atoms with Crippen LogP contribution in [0.15, 0.2) is 18.2 Å². The number of rotatable bonds is 5. The van der Waals surface area contributed by atoms with Gasteiger partial charge < -0.3 is 19.3 Å². The summed E-state index contributed by atoms with van der Waals surface area (Å²) < 4.78 is 15.4. The van der Waals surface area contributed by atoms with Crippen LogP contribution in [0.1, 0.15) is 30.9 Å². The highest BCUT2D eigenvalue weighted by Crippen LogP contribution is 2.33. The summed E-state index contributed by atoms with van der Waals surface area (Å²) in [6, 6.07) is 5.40. The van der Waals surface area contributed by atoms with Crippen molar-refractivity contribution >= 4 is 5.97 Å². The van der Waals surface area contributed by atoms with E-state index in [4.69, 9.17) is 9.47 Å². The lowest BCUT2D eigenvalue weighted by Gasteiger charge is -2.20. The third-order valence-corrected chi connectivity index (χ3v) is 3.04. The van der Waals surface area contributed by atoms with Crippen LogP contribution in [0.4, 0.5) is 0 Å². The van der Waals surface area contributed by atoms with Crippen LogP contribution >= 0.6 is 0 Å². The molecule has 0 saturated carbocycles. The van der Waals surface area contributed by atoms with E-state index in [2.05, 4.69) is 4.74 Å². The lowest BCUT2D eigenvalue weighted by atomic mass is 10.0. The number of ether oxygens (including phenoxy) is 3. The maximum Gasteiger partial charge on any atom is 0.305 e. The standard InChI is InChI=1S/C14H18O5/c1-17-14(16)4-2-3-11(15)10-5-6-12-13(9-10)19-8-7-18-12/h5-6,9,11,15H,2-4,7-8H2,1H3. The molecule has 0 fully saturated rings. The number of methoxy groups -OCH3 is 1. The molecule has 0 saturated heterocycles. The van der Waals surface area contributed by atoms with Crippen LogP contribution in [0.2, 0.25) is 0 Å². The second-order valence-electron chi connectivity index (χ2n) is 4.39. The summed E-state index contributed by atoms with van der Waals surface area (Å²) >= 11 is 0. The van der Waals surface area contributed by atoms with Crippen molar-refractivity contribution in [3.8, 4) is 11.5 Å². The minimum atomic E-state index is -0.611. The fourth-order valence-electron chi connectivity index (χ4n) is 1.98. The number of hydrogen-bond donors (Lipinski definition) is 1. The molecule has 19 heavy (non-hydrogen) atoms. The monoisotopic (exact) mass is 266 g/mol. The van der Waals surface area contributed by atoms with Gasteiger partial charge in [0, 0.05) is 6.42 Å². The number of carbonyl (C=O) groups excluding carboxylic acids is 1. The van der Waals surface area contributed by atoms with E-state index < -0.39 is 6.10 Å². The van der Waals surface area contributed by atoms with E-state index >= 15 is 0 Å². The number of esters is 1. The largest absolute Gasteiger partial charge is 0.486 e. The molecule has 1 aliphatic rings. The average Bonchev–Trinajstić information content (AvgIpc) is 2.46. The maximum atomic E-state index is 11.0. The van der Waals surface area contributed by atoms with Crippen LogP contribution in [0, 0.1) is 0 Å². The molecule has 104 valence electrons. The first-order chi connectivity index (χ1) is 9.20. The van der Waals surface area contributed by atoms with E-state index in [1.807, 2.05) is 6.07 Å². The van der Waals surface area contributed by atoms with Gasteiger partial charge in [0.2, 0.25) is 0 Å². The third kappa shape index (κ3) is 3.61. The number of benzene rings is 1. The average molecular weight is 266 g/mol. The molecule has 1 aromatic rings. The highest BCUT2D eigenvalue weighted by molar-refractivity contribution is 5.69. The first-order valence-corrected chi connectivity index (χ1v) is 6.35. The van der Waals surface area contributed by atoms with Gasteiger partial charge in [0.05, 0.1) is 13.2 Å². The molecule has 5 nitrogen and oxygen atoms in total. The summed E-state index contributed by atoms with van der Waals surface area (Å²) in [7, 11) is 1.36. The minimum Gasteiger partial charge on any atom is -0.486 e. The van der Waals surface area contributed by atoms with Gasteiger partial charge >= 0.3 is 5.97 Å². The fraction of sp³-hybridized carbons (Fsp3) is 0.500. The van der Waals surface area contributed by atoms with Gasteiger partial charge in [0.15, 0.2) is 11.5 Å². The van der Waals surface area contributed by atoms with E-state index in [9.17, 15) is 9.90 Å². The Balaban J connectivity index is 1.91. The van der Waals surface area contributed by atoms with Crippen LogP contribution in [-0.2, 0) is 9.53 Å². The summed E-state index contributed by atoms with van der Waals surface area (Å²) in [4.78, 5) is 11.0. The lowest BCUT2D eigenvalue weighted by molar-refractivity contribution is -0.140. The van der Waals surface area contributed by atoms with E-state index in [1.165, 1.54) is 7.11 Å². The summed E-state index contributed by atoms with van der Waals surface area (Å²) in [5.74, 6) is 1.11. The molecule has 0 amide bonds. The molecule has 1 atom stereocenters. The van der Waals surface area contributed by atoms with Gasteiger partial charge in [0.1, 0.15) is 13.2 Å². The second-order valence-corrected chi connectivity index (χ2v) is 4.39. The first-order valence-electron chi connectivity index (χ1n) is 6.35. The Morgan fingerprint density at radius 2 is 2.11 bits per heavy atom. The van der Waals surface area contributed by atoms with Gasteiger partial charge in [-0.05, 0) is 30.5 Å². The number of fused-ring (bicyclic) bond motifs is 1. The zero-order valence-corrected chi connectivity index (χ0v) is 10.9. The third-order valence-electron chi connectivity index (χ3n) is 3.04. The Labute approximate surface area is 112 Å². The number of aliphatic hydroxyl groups is 1. The minimum absolute atomic E-state index is 0.255. The molecule has 5 heteroatoms. The molecule has 1 aliphatic heterocycles. The van der Waals surface area contributed by atoms with Crippen molar-refractivity contribution in [2.24, 2.45) is 0 Å². The molecular weight excluding hydrogens is 248 g/mol. The molecular formula is C14H18O5. The highest BCUT2D eigenvalue weighted by Gasteiger charge is 2.15. The van der Waals surface area contributed by atoms with Gasteiger partial charge in [-0.1, -0.05) is 6.07 Å². The van der Waals surface area contributed by atoms with Crippen molar-refractivity contribution in [3.05, 3.63) is 23.8 Å². The Morgan fingerprint density at radius 3 is 2.84 bits per heavy atom. The van der Waals surface area contributed by atoms with Crippen LogP contribution < -0.4 is 9.47 Å². The van der Waals surface area contributed by atoms with E-state index in [-0.39, 0.29) is 5.97 Å². The Morgan fingerprint density at radius 1 is 1.37 bits per heavy atom. The quantitative estimate of drug-likeness (QED) is 0.824. The van der Waals surface area contributed by atoms with Crippen molar-refractivity contribution in [2.75, 3.05) is 20.3 Å². The van der Waals surface area contributed by atoms with Gasteiger partial charge in [-0.2, -0.15) is 0 Å². The van der Waals surface area contributed by atoms with Crippen LogP contribution in [0.3, 0.4) is 0 Å². The maximum absolute atomic E-state index is 11.0. The lowest BCUT2D eigenvalue weighted by Crippen LogP contribution is -2.15. The predicted molar refractivity (Wildman–Crippen MR) is 68.3 cm³/mol. The van der Waals surface area contributed by atoms with Gasteiger partial charge in [-0.15, -0.1) is 0 Å². The van der Waals surface area contributed by atoms with Crippen LogP contribution in [-0.4, -0.2) is 31.4 Å². The van der Waals surface area contributed by atoms with E-state index in [1.54, 1.807) is 12.1 Å². The van der Waals surface area contributed by atoms with E-state index in [0.717, 1.165) is 5.56 Å². The van der Waals surface area contributed by atoms with Crippen molar-refractivity contribution in [2.45, 2.75) is 25.4 Å². The summed E-state index contributed by atoms with van der Waals surface area (Å²) in [5, 5.41) is 10.1. The molecule has 1 unspecified atom stereocenters. The van der Waals surface area contributed by atoms with Crippen LogP contribution in [0.5, 0.6) is 11.5 Å². The Bertz CT molecular complexity index is 443. The predicted octanol–water partition coefficient (Wildman–Crippen LogP) is 1.83. The zero-order valence-electron chi connectivity index (χ0n) is 10.9. The van der Waals surface area contributed by atoms with Crippen molar-refractivity contribution in [1.82, 2.24) is 0 Å². The van der Waals surface area contributed by atoms with Crippen molar-refractivity contribution < 1.29 is 24.1 Å². The van der Waals surface area contributed by atoms with Gasteiger partial charge in [0.25, 0.3) is 0 Å². The topological polar surface area (TPSA) is 65.0 Å². The molecule has 1 N–H and O–H groups in total. The Hall–Kier alpha value is -1.75. The second kappa shape index (κ2) is 6.43. The van der Waals surface area contributed by atoms with Gasteiger partial charge in [-0.3, -0.25) is 4.79 Å². The molecule has 0 spiro atoms. The van der Waals surface area contributed by atoms with Crippen LogP contribution in [0.25, 0.3) is 0 Å².